The molecule has 2 N–H and O–H groups in total. The van der Waals surface area contributed by atoms with Crippen LogP contribution >= 0.6 is 35.1 Å². The summed E-state index contributed by atoms with van der Waals surface area (Å²) in [6.07, 6.45) is 1.77. The van der Waals surface area contributed by atoms with Gasteiger partial charge in [0.25, 0.3) is 5.91 Å². The van der Waals surface area contributed by atoms with Gasteiger partial charge < -0.3 is 10.1 Å². The van der Waals surface area contributed by atoms with Gasteiger partial charge in [0, 0.05) is 20.9 Å². The fourth-order valence-corrected chi connectivity index (χ4v) is 4.36. The number of thioether (sulfide) groups is 1. The van der Waals surface area contributed by atoms with E-state index in [0.29, 0.717) is 9.93 Å². The molecule has 0 aliphatic carbocycles. The van der Waals surface area contributed by atoms with Gasteiger partial charge in [0.1, 0.15) is 10.8 Å². The number of hydrogen-bond acceptors (Lipinski definition) is 6. The Morgan fingerprint density at radius 1 is 1.21 bits per heavy atom. The zero-order valence-corrected chi connectivity index (χ0v) is 17.0. The van der Waals surface area contributed by atoms with Gasteiger partial charge in [0.05, 0.1) is 17.5 Å². The lowest BCUT2D eigenvalue weighted by Gasteiger charge is -2.09. The molecule has 8 heteroatoms. The summed E-state index contributed by atoms with van der Waals surface area (Å²) in [4.78, 5) is 18.3. The van der Waals surface area contributed by atoms with Crippen LogP contribution in [-0.4, -0.2) is 23.2 Å². The van der Waals surface area contributed by atoms with Crippen LogP contribution in [-0.2, 0) is 4.79 Å². The predicted octanol–water partition coefficient (Wildman–Crippen LogP) is 5.19. The SMILES string of the molecule is COc1ccc2nc(Sc3ccc(Cl)cc3)c(C=C3SC(=N)NC3=O)cc2c1. The molecule has 1 amide bonds. The summed E-state index contributed by atoms with van der Waals surface area (Å²) in [5, 5.41) is 12.6. The quantitative estimate of drug-likeness (QED) is 0.560. The number of fused-ring (bicyclic) bond motifs is 1. The Bertz CT molecular complexity index is 1130. The van der Waals surface area contributed by atoms with Crippen LogP contribution in [0.1, 0.15) is 5.56 Å². The number of halogens is 1. The van der Waals surface area contributed by atoms with Crippen LogP contribution in [0.25, 0.3) is 17.0 Å². The van der Waals surface area contributed by atoms with Gasteiger partial charge in [0.2, 0.25) is 0 Å². The van der Waals surface area contributed by atoms with E-state index in [-0.39, 0.29) is 11.1 Å². The number of methoxy groups -OCH3 is 1. The van der Waals surface area contributed by atoms with Gasteiger partial charge in [-0.3, -0.25) is 10.2 Å². The number of rotatable bonds is 4. The summed E-state index contributed by atoms with van der Waals surface area (Å²) in [6.45, 7) is 0. The van der Waals surface area contributed by atoms with Crippen LogP contribution in [0.5, 0.6) is 5.75 Å². The Balaban J connectivity index is 1.83. The number of amides is 1. The number of benzene rings is 2. The maximum Gasteiger partial charge on any atom is 0.264 e. The summed E-state index contributed by atoms with van der Waals surface area (Å²) in [5.74, 6) is 0.462. The normalized spacial score (nSPS) is 15.3. The van der Waals surface area contributed by atoms with Crippen LogP contribution in [0.4, 0.5) is 0 Å². The zero-order valence-electron chi connectivity index (χ0n) is 14.7. The highest BCUT2D eigenvalue weighted by atomic mass is 35.5. The summed E-state index contributed by atoms with van der Waals surface area (Å²) in [7, 11) is 1.62. The first-order valence-electron chi connectivity index (χ1n) is 8.23. The van der Waals surface area contributed by atoms with E-state index in [4.69, 9.17) is 26.7 Å². The molecule has 5 nitrogen and oxygen atoms in total. The molecule has 28 heavy (non-hydrogen) atoms. The summed E-state index contributed by atoms with van der Waals surface area (Å²) >= 11 is 8.58. The smallest absolute Gasteiger partial charge is 0.264 e. The Morgan fingerprint density at radius 3 is 2.68 bits per heavy atom. The number of nitrogens with one attached hydrogen (secondary N) is 2. The Kier molecular flexibility index (Phi) is 5.30. The molecule has 0 unspecified atom stereocenters. The van der Waals surface area contributed by atoms with E-state index in [1.807, 2.05) is 48.5 Å². The van der Waals surface area contributed by atoms with Gasteiger partial charge in [0.15, 0.2) is 5.17 Å². The van der Waals surface area contributed by atoms with Gasteiger partial charge in [-0.15, -0.1) is 0 Å². The predicted molar refractivity (Wildman–Crippen MR) is 115 cm³/mol. The van der Waals surface area contributed by atoms with Crippen LogP contribution < -0.4 is 10.1 Å². The van der Waals surface area contributed by atoms with E-state index in [1.165, 1.54) is 11.8 Å². The first-order valence-corrected chi connectivity index (χ1v) is 10.2. The first kappa shape index (κ1) is 18.9. The Morgan fingerprint density at radius 2 is 2.00 bits per heavy atom. The average Bonchev–Trinajstić information content (AvgIpc) is 3.00. The Hall–Kier alpha value is -2.48. The monoisotopic (exact) mass is 427 g/mol. The number of amidine groups is 1. The molecular weight excluding hydrogens is 414 g/mol. The minimum Gasteiger partial charge on any atom is -0.497 e. The van der Waals surface area contributed by atoms with E-state index >= 15 is 0 Å². The molecule has 1 fully saturated rings. The van der Waals surface area contributed by atoms with Gasteiger partial charge in [-0.1, -0.05) is 23.4 Å². The number of carbonyl (C=O) groups is 1. The molecular formula is C20H14ClN3O2S2. The van der Waals surface area contributed by atoms with Crippen molar-refractivity contribution in [1.29, 1.82) is 5.41 Å². The molecule has 0 atom stereocenters. The van der Waals surface area contributed by atoms with Crippen molar-refractivity contribution in [1.82, 2.24) is 10.3 Å². The van der Waals surface area contributed by atoms with Crippen molar-refractivity contribution < 1.29 is 9.53 Å². The number of hydrogen-bond donors (Lipinski definition) is 2. The fraction of sp³-hybridized carbons (Fsp3) is 0.0500. The number of nitrogens with zero attached hydrogens (tertiary/aromatic N) is 1. The van der Waals surface area contributed by atoms with Crippen molar-refractivity contribution in [3.63, 3.8) is 0 Å². The van der Waals surface area contributed by atoms with E-state index in [2.05, 4.69) is 5.32 Å². The van der Waals surface area contributed by atoms with E-state index < -0.39 is 0 Å². The average molecular weight is 428 g/mol. The molecule has 1 saturated heterocycles. The molecule has 4 rings (SSSR count). The number of pyridine rings is 1. The highest BCUT2D eigenvalue weighted by molar-refractivity contribution is 8.18. The molecule has 1 aliphatic rings. The summed E-state index contributed by atoms with van der Waals surface area (Å²) in [6, 6.07) is 15.2. The Labute approximate surface area is 175 Å². The molecule has 0 radical (unpaired) electrons. The van der Waals surface area contributed by atoms with Crippen molar-refractivity contribution in [2.24, 2.45) is 0 Å². The highest BCUT2D eigenvalue weighted by Crippen LogP contribution is 2.35. The lowest BCUT2D eigenvalue weighted by atomic mass is 10.1. The summed E-state index contributed by atoms with van der Waals surface area (Å²) in [5.41, 5.74) is 1.63. The number of ether oxygens (including phenoxy) is 1. The molecule has 0 spiro atoms. The third-order valence-electron chi connectivity index (χ3n) is 3.99. The highest BCUT2D eigenvalue weighted by Gasteiger charge is 2.23. The largest absolute Gasteiger partial charge is 0.497 e. The van der Waals surface area contributed by atoms with Gasteiger partial charge in [-0.25, -0.2) is 4.98 Å². The zero-order chi connectivity index (χ0) is 19.7. The van der Waals surface area contributed by atoms with Crippen molar-refractivity contribution in [2.75, 3.05) is 7.11 Å². The molecule has 2 aromatic carbocycles. The van der Waals surface area contributed by atoms with Crippen LogP contribution in [0.2, 0.25) is 5.02 Å². The molecule has 1 aliphatic heterocycles. The second-order valence-electron chi connectivity index (χ2n) is 5.89. The standard InChI is InChI=1S/C20H14ClN3O2S2/c1-26-14-4-7-16-11(9-14)8-12(10-17-18(25)24-20(22)28-17)19(23-16)27-15-5-2-13(21)3-6-15/h2-10H,1H3,(H2,22,24,25). The van der Waals surface area contributed by atoms with Gasteiger partial charge >= 0.3 is 0 Å². The molecule has 0 bridgehead atoms. The molecule has 0 saturated carbocycles. The third-order valence-corrected chi connectivity index (χ3v) is 6.10. The van der Waals surface area contributed by atoms with Crippen molar-refractivity contribution in [3.05, 3.63) is 64.0 Å². The molecule has 3 aromatic rings. The molecule has 2 heterocycles. The van der Waals surface area contributed by atoms with E-state index in [0.717, 1.165) is 43.9 Å². The lowest BCUT2D eigenvalue weighted by molar-refractivity contribution is -0.115. The van der Waals surface area contributed by atoms with Gasteiger partial charge in [-0.2, -0.15) is 0 Å². The third kappa shape index (κ3) is 4.01. The lowest BCUT2D eigenvalue weighted by Crippen LogP contribution is -2.18. The second kappa shape index (κ2) is 7.87. The first-order chi connectivity index (χ1) is 13.5. The van der Waals surface area contributed by atoms with Crippen LogP contribution in [0, 0.1) is 5.41 Å². The van der Waals surface area contributed by atoms with Gasteiger partial charge in [-0.05, 0) is 66.4 Å². The van der Waals surface area contributed by atoms with Crippen molar-refractivity contribution >= 4 is 63.2 Å². The van der Waals surface area contributed by atoms with Crippen LogP contribution in [0.15, 0.2) is 63.4 Å². The molecule has 1 aromatic heterocycles. The van der Waals surface area contributed by atoms with Crippen LogP contribution in [0.3, 0.4) is 0 Å². The van der Waals surface area contributed by atoms with E-state index in [9.17, 15) is 4.79 Å². The summed E-state index contributed by atoms with van der Waals surface area (Å²) < 4.78 is 5.31. The van der Waals surface area contributed by atoms with E-state index in [1.54, 1.807) is 13.2 Å². The minimum absolute atomic E-state index is 0.124. The second-order valence-corrected chi connectivity index (χ2v) is 8.44. The number of carbonyl (C=O) groups excluding carboxylic acids is 1. The van der Waals surface area contributed by atoms with Crippen molar-refractivity contribution in [2.45, 2.75) is 9.92 Å². The topological polar surface area (TPSA) is 75.1 Å². The maximum absolute atomic E-state index is 12.1. The molecule has 140 valence electrons. The van der Waals surface area contributed by atoms with Crippen molar-refractivity contribution in [3.8, 4) is 5.75 Å². The maximum atomic E-state index is 12.1. The fourth-order valence-electron chi connectivity index (χ4n) is 2.66. The number of aromatic nitrogens is 1. The minimum atomic E-state index is -0.275.